The summed E-state index contributed by atoms with van der Waals surface area (Å²) in [5.74, 6) is -0.0594. The third kappa shape index (κ3) is 1.82. The Morgan fingerprint density at radius 1 is 1.67 bits per heavy atom. The van der Waals surface area contributed by atoms with E-state index in [1.807, 2.05) is 0 Å². The molecule has 1 saturated heterocycles. The van der Waals surface area contributed by atoms with E-state index in [0.29, 0.717) is 0 Å². The first kappa shape index (κ1) is 9.63. The predicted octanol–water partition coefficient (Wildman–Crippen LogP) is -1.45. The van der Waals surface area contributed by atoms with Crippen molar-refractivity contribution < 1.29 is 13.2 Å². The zero-order valence-corrected chi connectivity index (χ0v) is 7.67. The average molecular weight is 192 g/mol. The van der Waals surface area contributed by atoms with Crippen LogP contribution in [-0.2, 0) is 14.8 Å². The molecule has 0 bridgehead atoms. The maximum Gasteiger partial charge on any atom is 0.211 e. The molecule has 70 valence electrons. The van der Waals surface area contributed by atoms with Crippen LogP contribution in [0, 0.1) is 0 Å². The number of sulfonamides is 1. The Kier molecular flexibility index (Phi) is 2.50. The van der Waals surface area contributed by atoms with E-state index in [0.717, 1.165) is 10.6 Å². The fourth-order valence-corrected chi connectivity index (χ4v) is 2.40. The van der Waals surface area contributed by atoms with Gasteiger partial charge in [-0.25, -0.2) is 8.42 Å². The lowest BCUT2D eigenvalue weighted by Crippen LogP contribution is -2.39. The van der Waals surface area contributed by atoms with Crippen molar-refractivity contribution in [3.63, 3.8) is 0 Å². The predicted molar refractivity (Wildman–Crippen MR) is 44.0 cm³/mol. The topological polar surface area (TPSA) is 80.5 Å². The van der Waals surface area contributed by atoms with Gasteiger partial charge in [-0.3, -0.25) is 4.79 Å². The standard InChI is InChI=1S/C6H12N2O3S/c1-12(10,11)8-4-6(9)2-5(8)3-7/h5H,2-4,7H2,1H3. The van der Waals surface area contributed by atoms with Crippen molar-refractivity contribution in [1.82, 2.24) is 4.31 Å². The van der Waals surface area contributed by atoms with E-state index in [-0.39, 0.29) is 31.3 Å². The summed E-state index contributed by atoms with van der Waals surface area (Å²) in [6.07, 6.45) is 1.35. The smallest absolute Gasteiger partial charge is 0.211 e. The minimum Gasteiger partial charge on any atom is -0.329 e. The van der Waals surface area contributed by atoms with Crippen molar-refractivity contribution in [2.45, 2.75) is 12.5 Å². The number of carbonyl (C=O) groups is 1. The van der Waals surface area contributed by atoms with E-state index >= 15 is 0 Å². The summed E-state index contributed by atoms with van der Waals surface area (Å²) in [4.78, 5) is 10.9. The first-order chi connectivity index (χ1) is 5.45. The van der Waals surface area contributed by atoms with Crippen LogP contribution in [-0.4, -0.2) is 43.9 Å². The van der Waals surface area contributed by atoms with Crippen LogP contribution < -0.4 is 5.73 Å². The minimum absolute atomic E-state index is 0.0132. The summed E-state index contributed by atoms with van der Waals surface area (Å²) in [6, 6.07) is -0.326. The molecule has 6 heteroatoms. The number of nitrogens with zero attached hydrogens (tertiary/aromatic N) is 1. The number of carbonyl (C=O) groups excluding carboxylic acids is 1. The first-order valence-corrected chi connectivity index (χ1v) is 5.48. The van der Waals surface area contributed by atoms with E-state index in [1.54, 1.807) is 0 Å². The molecule has 0 amide bonds. The largest absolute Gasteiger partial charge is 0.329 e. The molecular formula is C6H12N2O3S. The van der Waals surface area contributed by atoms with Crippen LogP contribution in [0.1, 0.15) is 6.42 Å². The fraction of sp³-hybridized carbons (Fsp3) is 0.833. The number of hydrogen-bond acceptors (Lipinski definition) is 4. The molecule has 12 heavy (non-hydrogen) atoms. The van der Waals surface area contributed by atoms with Gasteiger partial charge in [0.2, 0.25) is 10.0 Å². The van der Waals surface area contributed by atoms with Crippen LogP contribution in [0.15, 0.2) is 0 Å². The summed E-state index contributed by atoms with van der Waals surface area (Å²) in [5, 5.41) is 0. The highest BCUT2D eigenvalue weighted by Gasteiger charge is 2.35. The Bertz CT molecular complexity index is 285. The Morgan fingerprint density at radius 2 is 2.25 bits per heavy atom. The molecule has 2 N–H and O–H groups in total. The lowest BCUT2D eigenvalue weighted by atomic mass is 10.2. The molecule has 0 aliphatic carbocycles. The lowest BCUT2D eigenvalue weighted by molar-refractivity contribution is -0.116. The monoisotopic (exact) mass is 192 g/mol. The second-order valence-corrected chi connectivity index (χ2v) is 4.88. The maximum atomic E-state index is 11.1. The molecule has 0 aromatic carbocycles. The van der Waals surface area contributed by atoms with Gasteiger partial charge in [-0.2, -0.15) is 4.31 Å². The van der Waals surface area contributed by atoms with Crippen LogP contribution >= 0.6 is 0 Å². The van der Waals surface area contributed by atoms with Gasteiger partial charge in [0.05, 0.1) is 12.8 Å². The second kappa shape index (κ2) is 3.12. The Balaban J connectivity index is 2.84. The second-order valence-electron chi connectivity index (χ2n) is 2.94. The molecule has 5 nitrogen and oxygen atoms in total. The van der Waals surface area contributed by atoms with E-state index in [2.05, 4.69) is 0 Å². The number of nitrogens with two attached hydrogens (primary N) is 1. The lowest BCUT2D eigenvalue weighted by Gasteiger charge is -2.18. The highest BCUT2D eigenvalue weighted by molar-refractivity contribution is 7.88. The highest BCUT2D eigenvalue weighted by atomic mass is 32.2. The van der Waals surface area contributed by atoms with Gasteiger partial charge in [-0.15, -0.1) is 0 Å². The van der Waals surface area contributed by atoms with E-state index in [1.165, 1.54) is 0 Å². The molecule has 1 aliphatic heterocycles. The van der Waals surface area contributed by atoms with Crippen LogP contribution in [0.2, 0.25) is 0 Å². The molecule has 0 aromatic heterocycles. The fourth-order valence-electron chi connectivity index (χ4n) is 1.32. The Morgan fingerprint density at radius 3 is 2.58 bits per heavy atom. The Labute approximate surface area is 71.6 Å². The summed E-state index contributed by atoms with van der Waals surface area (Å²) < 4.78 is 23.3. The van der Waals surface area contributed by atoms with Crippen molar-refractivity contribution in [1.29, 1.82) is 0 Å². The van der Waals surface area contributed by atoms with Crippen LogP contribution in [0.25, 0.3) is 0 Å². The van der Waals surface area contributed by atoms with Crippen molar-refractivity contribution in [2.75, 3.05) is 19.3 Å². The summed E-state index contributed by atoms with van der Waals surface area (Å²) in [5.41, 5.74) is 5.32. The first-order valence-electron chi connectivity index (χ1n) is 3.63. The zero-order chi connectivity index (χ0) is 9.35. The highest BCUT2D eigenvalue weighted by Crippen LogP contribution is 2.16. The van der Waals surface area contributed by atoms with Crippen LogP contribution in [0.5, 0.6) is 0 Å². The molecule has 1 atom stereocenters. The van der Waals surface area contributed by atoms with Gasteiger partial charge in [0.25, 0.3) is 0 Å². The van der Waals surface area contributed by atoms with E-state index in [4.69, 9.17) is 5.73 Å². The van der Waals surface area contributed by atoms with Crippen LogP contribution in [0.3, 0.4) is 0 Å². The van der Waals surface area contributed by atoms with Crippen molar-refractivity contribution in [2.24, 2.45) is 5.73 Å². The molecule has 0 spiro atoms. The normalized spacial score (nSPS) is 26.5. The molecular weight excluding hydrogens is 180 g/mol. The molecule has 1 rings (SSSR count). The number of hydrogen-bond donors (Lipinski definition) is 1. The minimum atomic E-state index is -3.26. The van der Waals surface area contributed by atoms with Gasteiger partial charge in [0.15, 0.2) is 0 Å². The molecule has 1 unspecified atom stereocenters. The maximum absolute atomic E-state index is 11.1. The van der Waals surface area contributed by atoms with Gasteiger partial charge in [0, 0.05) is 19.0 Å². The van der Waals surface area contributed by atoms with Crippen molar-refractivity contribution in [3.8, 4) is 0 Å². The molecule has 0 saturated carbocycles. The molecule has 0 aromatic rings. The quantitative estimate of drug-likeness (QED) is 0.580. The summed E-state index contributed by atoms with van der Waals surface area (Å²) in [6.45, 7) is 0.194. The number of ketones is 1. The number of Topliss-reactive ketones (excluding diaryl/α,β-unsaturated/α-hetero) is 1. The van der Waals surface area contributed by atoms with Gasteiger partial charge in [-0.1, -0.05) is 0 Å². The molecule has 1 fully saturated rings. The van der Waals surface area contributed by atoms with Gasteiger partial charge in [-0.05, 0) is 0 Å². The van der Waals surface area contributed by atoms with Crippen molar-refractivity contribution >= 4 is 15.8 Å². The van der Waals surface area contributed by atoms with Gasteiger partial charge < -0.3 is 5.73 Å². The summed E-state index contributed by atoms with van der Waals surface area (Å²) >= 11 is 0. The zero-order valence-electron chi connectivity index (χ0n) is 6.86. The summed E-state index contributed by atoms with van der Waals surface area (Å²) in [7, 11) is -3.26. The average Bonchev–Trinajstić information content (AvgIpc) is 2.29. The number of rotatable bonds is 2. The molecule has 0 radical (unpaired) electrons. The SMILES string of the molecule is CS(=O)(=O)N1CC(=O)CC1CN. The Hall–Kier alpha value is -0.460. The van der Waals surface area contributed by atoms with Crippen molar-refractivity contribution in [3.05, 3.63) is 0 Å². The third-order valence-corrected chi connectivity index (χ3v) is 3.18. The van der Waals surface area contributed by atoms with Gasteiger partial charge >= 0.3 is 0 Å². The van der Waals surface area contributed by atoms with E-state index in [9.17, 15) is 13.2 Å². The third-order valence-electron chi connectivity index (χ3n) is 1.90. The van der Waals surface area contributed by atoms with Crippen LogP contribution in [0.4, 0.5) is 0 Å². The van der Waals surface area contributed by atoms with E-state index < -0.39 is 10.0 Å². The van der Waals surface area contributed by atoms with Gasteiger partial charge in [0.1, 0.15) is 5.78 Å². The molecule has 1 aliphatic rings. The molecule has 1 heterocycles.